The van der Waals surface area contributed by atoms with Crippen molar-refractivity contribution < 1.29 is 18.4 Å². The van der Waals surface area contributed by atoms with E-state index in [1.165, 1.54) is 6.07 Å². The fourth-order valence-corrected chi connectivity index (χ4v) is 1.46. The first kappa shape index (κ1) is 16.2. The van der Waals surface area contributed by atoms with Gasteiger partial charge in [-0.25, -0.2) is 8.78 Å². The lowest BCUT2D eigenvalue weighted by Crippen LogP contribution is -2.45. The SMILES string of the molecule is CC(C)(N)CNC(=O)CCC(=O)c1ccc(F)c(F)c1. The fourth-order valence-electron chi connectivity index (χ4n) is 1.46. The van der Waals surface area contributed by atoms with Crippen molar-refractivity contribution in [3.8, 4) is 0 Å². The number of nitrogens with one attached hydrogen (secondary N) is 1. The van der Waals surface area contributed by atoms with Crippen LogP contribution in [-0.4, -0.2) is 23.8 Å². The molecule has 0 radical (unpaired) electrons. The first-order chi connectivity index (χ1) is 9.19. The summed E-state index contributed by atoms with van der Waals surface area (Å²) < 4.78 is 25.7. The number of hydrogen-bond acceptors (Lipinski definition) is 3. The van der Waals surface area contributed by atoms with Crippen LogP contribution in [0.25, 0.3) is 0 Å². The Morgan fingerprint density at radius 1 is 1.20 bits per heavy atom. The molecule has 0 spiro atoms. The summed E-state index contributed by atoms with van der Waals surface area (Å²) in [6.45, 7) is 3.82. The molecule has 110 valence electrons. The maximum Gasteiger partial charge on any atom is 0.220 e. The smallest absolute Gasteiger partial charge is 0.220 e. The summed E-state index contributed by atoms with van der Waals surface area (Å²) in [5.74, 6) is -2.81. The Kier molecular flexibility index (Phi) is 5.33. The van der Waals surface area contributed by atoms with Crippen molar-refractivity contribution in [2.75, 3.05) is 6.54 Å². The van der Waals surface area contributed by atoms with Crippen LogP contribution in [0, 0.1) is 11.6 Å². The zero-order valence-corrected chi connectivity index (χ0v) is 11.5. The van der Waals surface area contributed by atoms with Gasteiger partial charge in [0.1, 0.15) is 0 Å². The van der Waals surface area contributed by atoms with Crippen molar-refractivity contribution in [2.24, 2.45) is 5.73 Å². The molecule has 0 aliphatic rings. The van der Waals surface area contributed by atoms with Crippen molar-refractivity contribution in [1.29, 1.82) is 0 Å². The number of nitrogens with two attached hydrogens (primary N) is 1. The van der Waals surface area contributed by atoms with E-state index < -0.39 is 23.0 Å². The molecular weight excluding hydrogens is 266 g/mol. The zero-order valence-electron chi connectivity index (χ0n) is 11.5. The van der Waals surface area contributed by atoms with Crippen LogP contribution in [0.5, 0.6) is 0 Å². The van der Waals surface area contributed by atoms with Gasteiger partial charge in [-0.1, -0.05) is 0 Å². The summed E-state index contributed by atoms with van der Waals surface area (Å²) in [4.78, 5) is 23.2. The average Bonchev–Trinajstić information content (AvgIpc) is 2.36. The van der Waals surface area contributed by atoms with Gasteiger partial charge in [0.25, 0.3) is 0 Å². The zero-order chi connectivity index (χ0) is 15.3. The van der Waals surface area contributed by atoms with Gasteiger partial charge in [0, 0.05) is 30.5 Å². The minimum Gasteiger partial charge on any atom is -0.354 e. The van der Waals surface area contributed by atoms with E-state index in [0.717, 1.165) is 12.1 Å². The lowest BCUT2D eigenvalue weighted by Gasteiger charge is -2.18. The van der Waals surface area contributed by atoms with Crippen LogP contribution in [0.2, 0.25) is 0 Å². The molecule has 6 heteroatoms. The van der Waals surface area contributed by atoms with Crippen molar-refractivity contribution in [2.45, 2.75) is 32.2 Å². The largest absolute Gasteiger partial charge is 0.354 e. The predicted octanol–water partition coefficient (Wildman–Crippen LogP) is 1.78. The highest BCUT2D eigenvalue weighted by Gasteiger charge is 2.14. The number of carbonyl (C=O) groups is 2. The molecule has 0 bridgehead atoms. The van der Waals surface area contributed by atoms with Crippen molar-refractivity contribution >= 4 is 11.7 Å². The highest BCUT2D eigenvalue weighted by molar-refractivity contribution is 5.97. The molecule has 4 nitrogen and oxygen atoms in total. The standard InChI is InChI=1S/C14H18F2N2O2/c1-14(2,17)8-18-13(20)6-5-12(19)9-3-4-10(15)11(16)7-9/h3-4,7H,5-6,8,17H2,1-2H3,(H,18,20). The van der Waals surface area contributed by atoms with Crippen molar-refractivity contribution in [3.05, 3.63) is 35.4 Å². The first-order valence-electron chi connectivity index (χ1n) is 6.23. The van der Waals surface area contributed by atoms with Gasteiger partial charge in [-0.2, -0.15) is 0 Å². The van der Waals surface area contributed by atoms with Crippen LogP contribution >= 0.6 is 0 Å². The van der Waals surface area contributed by atoms with Gasteiger partial charge in [-0.05, 0) is 32.0 Å². The maximum absolute atomic E-state index is 13.0. The monoisotopic (exact) mass is 284 g/mol. The Balaban J connectivity index is 2.47. The molecule has 0 unspecified atom stereocenters. The van der Waals surface area contributed by atoms with E-state index in [-0.39, 0.29) is 24.3 Å². The summed E-state index contributed by atoms with van der Waals surface area (Å²) in [5.41, 5.74) is 5.23. The summed E-state index contributed by atoms with van der Waals surface area (Å²) in [5, 5.41) is 2.60. The number of benzene rings is 1. The summed E-state index contributed by atoms with van der Waals surface area (Å²) in [6, 6.07) is 2.92. The minimum atomic E-state index is -1.08. The molecule has 0 atom stereocenters. The maximum atomic E-state index is 13.0. The molecule has 0 saturated heterocycles. The Labute approximate surface area is 116 Å². The van der Waals surface area contributed by atoms with E-state index in [1.54, 1.807) is 13.8 Å². The molecule has 0 aromatic heterocycles. The second-order valence-electron chi connectivity index (χ2n) is 5.32. The second kappa shape index (κ2) is 6.56. The quantitative estimate of drug-likeness (QED) is 0.782. The highest BCUT2D eigenvalue weighted by atomic mass is 19.2. The third-order valence-electron chi connectivity index (χ3n) is 2.56. The van der Waals surface area contributed by atoms with Gasteiger partial charge < -0.3 is 11.1 Å². The van der Waals surface area contributed by atoms with Crippen LogP contribution in [0.4, 0.5) is 8.78 Å². The number of rotatable bonds is 6. The molecule has 1 amide bonds. The van der Waals surface area contributed by atoms with Crippen molar-refractivity contribution in [1.82, 2.24) is 5.32 Å². The third-order valence-corrected chi connectivity index (χ3v) is 2.56. The highest BCUT2D eigenvalue weighted by Crippen LogP contribution is 2.11. The Morgan fingerprint density at radius 2 is 1.85 bits per heavy atom. The molecule has 0 heterocycles. The van der Waals surface area contributed by atoms with Crippen LogP contribution < -0.4 is 11.1 Å². The second-order valence-corrected chi connectivity index (χ2v) is 5.32. The molecular formula is C14H18F2N2O2. The number of hydrogen-bond donors (Lipinski definition) is 2. The Morgan fingerprint density at radius 3 is 2.40 bits per heavy atom. The lowest BCUT2D eigenvalue weighted by atomic mass is 10.1. The normalized spacial score (nSPS) is 11.2. The average molecular weight is 284 g/mol. The molecule has 3 N–H and O–H groups in total. The number of ketones is 1. The third kappa shape index (κ3) is 5.44. The van der Waals surface area contributed by atoms with Crippen molar-refractivity contribution in [3.63, 3.8) is 0 Å². The van der Waals surface area contributed by atoms with Gasteiger partial charge in [-0.15, -0.1) is 0 Å². The summed E-state index contributed by atoms with van der Waals surface area (Å²) in [6.07, 6.45) is -0.0875. The number of carbonyl (C=O) groups excluding carboxylic acids is 2. The van der Waals surface area contributed by atoms with Crippen LogP contribution in [0.1, 0.15) is 37.0 Å². The van der Waals surface area contributed by atoms with Crippen LogP contribution in [0.15, 0.2) is 18.2 Å². The van der Waals surface area contributed by atoms with Crippen LogP contribution in [0.3, 0.4) is 0 Å². The molecule has 1 aromatic rings. The molecule has 0 aliphatic heterocycles. The van der Waals surface area contributed by atoms with E-state index in [1.807, 2.05) is 0 Å². The van der Waals surface area contributed by atoms with E-state index >= 15 is 0 Å². The number of Topliss-reactive ketones (excluding diaryl/α,β-unsaturated/α-hetero) is 1. The van der Waals surface area contributed by atoms with E-state index in [2.05, 4.69) is 5.32 Å². The number of amides is 1. The van der Waals surface area contributed by atoms with E-state index in [9.17, 15) is 18.4 Å². The fraction of sp³-hybridized carbons (Fsp3) is 0.429. The topological polar surface area (TPSA) is 72.2 Å². The van der Waals surface area contributed by atoms with E-state index in [0.29, 0.717) is 6.54 Å². The predicted molar refractivity (Wildman–Crippen MR) is 71.2 cm³/mol. The lowest BCUT2D eigenvalue weighted by molar-refractivity contribution is -0.121. The summed E-state index contributed by atoms with van der Waals surface area (Å²) in [7, 11) is 0. The molecule has 0 fully saturated rings. The summed E-state index contributed by atoms with van der Waals surface area (Å²) >= 11 is 0. The van der Waals surface area contributed by atoms with Crippen LogP contribution in [-0.2, 0) is 4.79 Å². The minimum absolute atomic E-state index is 0.0199. The molecule has 20 heavy (non-hydrogen) atoms. The van der Waals surface area contributed by atoms with Gasteiger partial charge in [0.15, 0.2) is 17.4 Å². The number of halogens is 2. The molecule has 0 aliphatic carbocycles. The van der Waals surface area contributed by atoms with Gasteiger partial charge >= 0.3 is 0 Å². The van der Waals surface area contributed by atoms with Gasteiger partial charge in [0.05, 0.1) is 0 Å². The van der Waals surface area contributed by atoms with Gasteiger partial charge in [0.2, 0.25) is 5.91 Å². The first-order valence-corrected chi connectivity index (χ1v) is 6.23. The van der Waals surface area contributed by atoms with Gasteiger partial charge in [-0.3, -0.25) is 9.59 Å². The molecule has 0 saturated carbocycles. The Hall–Kier alpha value is -1.82. The molecule has 1 aromatic carbocycles. The molecule has 1 rings (SSSR count). The Bertz CT molecular complexity index is 510. The van der Waals surface area contributed by atoms with E-state index in [4.69, 9.17) is 5.73 Å².